The van der Waals surface area contributed by atoms with Crippen molar-refractivity contribution >= 4 is 28.8 Å². The van der Waals surface area contributed by atoms with Gasteiger partial charge in [0.15, 0.2) is 0 Å². The molecule has 0 spiro atoms. The van der Waals surface area contributed by atoms with Gasteiger partial charge in [-0.05, 0) is 56.0 Å². The fourth-order valence-electron chi connectivity index (χ4n) is 4.93. The second kappa shape index (κ2) is 11.2. The molecule has 3 aromatic heterocycles. The number of para-hydroxylation sites is 1. The van der Waals surface area contributed by atoms with Crippen LogP contribution in [0.15, 0.2) is 67.4 Å². The Morgan fingerprint density at radius 1 is 1.16 bits per heavy atom. The van der Waals surface area contributed by atoms with Gasteiger partial charge in [-0.2, -0.15) is 0 Å². The standard InChI is InChI=1S/C29H32N6O2/c1-21-7-9-25(29(37)31-13-4-15-34-18-14-30-20-34)28(33-21)22-11-16-35(17-12-22)27(36)10-8-23-19-32-26-6-3-2-5-24(23)26/h2-3,5-10,14,18-20,22,32H,4,11-13,15-17H2,1H3,(H,31,37)/b10-8+. The normalized spacial score (nSPS) is 14.5. The van der Waals surface area contributed by atoms with Gasteiger partial charge in [0.05, 0.1) is 17.6 Å². The minimum atomic E-state index is -0.0895. The molecular weight excluding hydrogens is 464 g/mol. The minimum absolute atomic E-state index is 0.0109. The molecule has 0 atom stereocenters. The van der Waals surface area contributed by atoms with Crippen LogP contribution in [0, 0.1) is 6.92 Å². The van der Waals surface area contributed by atoms with Crippen LogP contribution in [-0.2, 0) is 11.3 Å². The number of aromatic amines is 1. The molecule has 1 fully saturated rings. The van der Waals surface area contributed by atoms with Gasteiger partial charge in [0.2, 0.25) is 5.91 Å². The van der Waals surface area contributed by atoms with Crippen molar-refractivity contribution in [3.8, 4) is 0 Å². The average molecular weight is 497 g/mol. The third kappa shape index (κ3) is 5.80. The molecule has 2 amide bonds. The Labute approximate surface area is 216 Å². The summed E-state index contributed by atoms with van der Waals surface area (Å²) in [6.45, 7) is 4.62. The number of H-pyrrole nitrogens is 1. The quantitative estimate of drug-likeness (QED) is 0.281. The van der Waals surface area contributed by atoms with Crippen LogP contribution >= 0.6 is 0 Å². The maximum absolute atomic E-state index is 13.0. The predicted molar refractivity (Wildman–Crippen MR) is 144 cm³/mol. The first-order valence-electron chi connectivity index (χ1n) is 12.8. The van der Waals surface area contributed by atoms with Gasteiger partial charge in [-0.25, -0.2) is 4.98 Å². The van der Waals surface area contributed by atoms with Gasteiger partial charge in [-0.1, -0.05) is 18.2 Å². The van der Waals surface area contributed by atoms with E-state index in [1.54, 1.807) is 18.6 Å². The Morgan fingerprint density at radius 2 is 2.00 bits per heavy atom. The summed E-state index contributed by atoms with van der Waals surface area (Å²) in [5.41, 5.74) is 4.43. The zero-order valence-corrected chi connectivity index (χ0v) is 21.1. The van der Waals surface area contributed by atoms with Crippen molar-refractivity contribution in [1.82, 2.24) is 29.7 Å². The predicted octanol–water partition coefficient (Wildman–Crippen LogP) is 4.31. The third-order valence-corrected chi connectivity index (χ3v) is 6.97. The summed E-state index contributed by atoms with van der Waals surface area (Å²) in [6, 6.07) is 11.8. The summed E-state index contributed by atoms with van der Waals surface area (Å²) < 4.78 is 2.00. The second-order valence-electron chi connectivity index (χ2n) is 9.52. The molecule has 2 N–H and O–H groups in total. The fraction of sp³-hybridized carbons (Fsp3) is 0.310. The highest BCUT2D eigenvalue weighted by atomic mass is 16.2. The lowest BCUT2D eigenvalue weighted by atomic mass is 9.89. The molecule has 5 rings (SSSR count). The Morgan fingerprint density at radius 3 is 2.81 bits per heavy atom. The monoisotopic (exact) mass is 496 g/mol. The summed E-state index contributed by atoms with van der Waals surface area (Å²) in [5, 5.41) is 4.14. The molecule has 8 heteroatoms. The molecule has 4 aromatic rings. The van der Waals surface area contributed by atoms with Gasteiger partial charge in [-0.15, -0.1) is 0 Å². The number of benzene rings is 1. The van der Waals surface area contributed by atoms with Gasteiger partial charge >= 0.3 is 0 Å². The molecule has 1 saturated heterocycles. The SMILES string of the molecule is Cc1ccc(C(=O)NCCCn2ccnc2)c(C2CCN(C(=O)/C=C/c3c[nH]c4ccccc34)CC2)n1. The first-order chi connectivity index (χ1) is 18.1. The van der Waals surface area contributed by atoms with Gasteiger partial charge < -0.3 is 19.8 Å². The number of nitrogens with zero attached hydrogens (tertiary/aromatic N) is 4. The van der Waals surface area contributed by atoms with Crippen molar-refractivity contribution < 1.29 is 9.59 Å². The van der Waals surface area contributed by atoms with E-state index < -0.39 is 0 Å². The topological polar surface area (TPSA) is 95.9 Å². The maximum Gasteiger partial charge on any atom is 0.253 e. The average Bonchev–Trinajstić information content (AvgIpc) is 3.60. The van der Waals surface area contributed by atoms with Gasteiger partial charge in [0.1, 0.15) is 0 Å². The summed E-state index contributed by atoms with van der Waals surface area (Å²) in [7, 11) is 0. The first kappa shape index (κ1) is 24.5. The molecule has 4 heterocycles. The number of piperidine rings is 1. The Balaban J connectivity index is 1.18. The third-order valence-electron chi connectivity index (χ3n) is 6.97. The molecule has 0 radical (unpaired) electrons. The number of nitrogens with one attached hydrogen (secondary N) is 2. The molecule has 0 bridgehead atoms. The fourth-order valence-corrected chi connectivity index (χ4v) is 4.93. The molecule has 0 aliphatic carbocycles. The number of hydrogen-bond donors (Lipinski definition) is 2. The highest BCUT2D eigenvalue weighted by molar-refractivity contribution is 5.96. The number of likely N-dealkylation sites (tertiary alicyclic amines) is 1. The summed E-state index contributed by atoms with van der Waals surface area (Å²) >= 11 is 0. The number of hydrogen-bond acceptors (Lipinski definition) is 4. The van der Waals surface area contributed by atoms with Crippen LogP contribution < -0.4 is 5.32 Å². The van der Waals surface area contributed by atoms with Crippen molar-refractivity contribution in [3.63, 3.8) is 0 Å². The number of carbonyl (C=O) groups excluding carboxylic acids is 2. The van der Waals surface area contributed by atoms with Crippen LogP contribution in [0.4, 0.5) is 0 Å². The van der Waals surface area contributed by atoms with E-state index in [0.717, 1.165) is 53.7 Å². The zero-order valence-electron chi connectivity index (χ0n) is 21.1. The van der Waals surface area contributed by atoms with Crippen molar-refractivity contribution in [2.75, 3.05) is 19.6 Å². The number of aromatic nitrogens is 4. The summed E-state index contributed by atoms with van der Waals surface area (Å²) in [4.78, 5) is 39.8. The number of pyridine rings is 1. The minimum Gasteiger partial charge on any atom is -0.361 e. The van der Waals surface area contributed by atoms with E-state index in [-0.39, 0.29) is 17.7 Å². The van der Waals surface area contributed by atoms with E-state index in [0.29, 0.717) is 25.2 Å². The summed E-state index contributed by atoms with van der Waals surface area (Å²) in [5.74, 6) is 0.0679. The molecule has 190 valence electrons. The number of amides is 2. The highest BCUT2D eigenvalue weighted by Crippen LogP contribution is 2.30. The van der Waals surface area contributed by atoms with Crippen LogP contribution in [-0.4, -0.2) is 55.9 Å². The molecule has 1 aliphatic rings. The lowest BCUT2D eigenvalue weighted by Gasteiger charge is -2.32. The zero-order chi connectivity index (χ0) is 25.6. The van der Waals surface area contributed by atoms with Crippen molar-refractivity contribution in [2.24, 2.45) is 0 Å². The van der Waals surface area contributed by atoms with E-state index >= 15 is 0 Å². The van der Waals surface area contributed by atoms with E-state index in [2.05, 4.69) is 15.3 Å². The van der Waals surface area contributed by atoms with Crippen molar-refractivity contribution in [2.45, 2.75) is 38.6 Å². The number of carbonyl (C=O) groups is 2. The van der Waals surface area contributed by atoms with E-state index in [9.17, 15) is 9.59 Å². The Kier molecular flexibility index (Phi) is 7.44. The van der Waals surface area contributed by atoms with Crippen LogP contribution in [0.1, 0.15) is 52.5 Å². The molecule has 8 nitrogen and oxygen atoms in total. The van der Waals surface area contributed by atoms with Crippen LogP contribution in [0.25, 0.3) is 17.0 Å². The molecule has 0 saturated carbocycles. The number of rotatable bonds is 8. The maximum atomic E-state index is 13.0. The molecule has 1 aliphatic heterocycles. The lowest BCUT2D eigenvalue weighted by Crippen LogP contribution is -2.37. The lowest BCUT2D eigenvalue weighted by molar-refractivity contribution is -0.127. The van der Waals surface area contributed by atoms with Crippen molar-refractivity contribution in [1.29, 1.82) is 0 Å². The molecule has 0 unspecified atom stereocenters. The van der Waals surface area contributed by atoms with Gasteiger partial charge in [0, 0.05) is 73.4 Å². The number of aryl methyl sites for hydroxylation is 2. The number of imidazole rings is 1. The van der Waals surface area contributed by atoms with E-state index in [1.807, 2.05) is 71.3 Å². The van der Waals surface area contributed by atoms with Crippen LogP contribution in [0.5, 0.6) is 0 Å². The molecular formula is C29H32N6O2. The summed E-state index contributed by atoms with van der Waals surface area (Å²) in [6.07, 6.45) is 13.3. The Hall–Kier alpha value is -4.20. The van der Waals surface area contributed by atoms with E-state index in [1.165, 1.54) is 0 Å². The molecule has 37 heavy (non-hydrogen) atoms. The van der Waals surface area contributed by atoms with E-state index in [4.69, 9.17) is 4.98 Å². The largest absolute Gasteiger partial charge is 0.361 e. The smallest absolute Gasteiger partial charge is 0.253 e. The van der Waals surface area contributed by atoms with Crippen LogP contribution in [0.3, 0.4) is 0 Å². The highest BCUT2D eigenvalue weighted by Gasteiger charge is 2.27. The van der Waals surface area contributed by atoms with Crippen molar-refractivity contribution in [3.05, 3.63) is 89.9 Å². The van der Waals surface area contributed by atoms with Crippen LogP contribution in [0.2, 0.25) is 0 Å². The molecule has 1 aromatic carbocycles. The number of fused-ring (bicyclic) bond motifs is 1. The first-order valence-corrected chi connectivity index (χ1v) is 12.8. The van der Waals surface area contributed by atoms with Gasteiger partial charge in [0.25, 0.3) is 5.91 Å². The Bertz CT molecular complexity index is 1400. The second-order valence-corrected chi connectivity index (χ2v) is 9.52. The van der Waals surface area contributed by atoms with Gasteiger partial charge in [-0.3, -0.25) is 14.6 Å².